The summed E-state index contributed by atoms with van der Waals surface area (Å²) in [5.41, 5.74) is 0. The molecule has 0 amide bonds. The average Bonchev–Trinajstić information content (AvgIpc) is 2.20. The third-order valence-electron chi connectivity index (χ3n) is 0.556. The van der Waals surface area contributed by atoms with E-state index >= 15 is 0 Å². The molecule has 0 aliphatic heterocycles. The highest BCUT2D eigenvalue weighted by Gasteiger charge is 1.76. The van der Waals surface area contributed by atoms with Gasteiger partial charge in [-0.25, -0.2) is 0 Å². The third kappa shape index (κ3) is 5.50. The van der Waals surface area contributed by atoms with Crippen molar-refractivity contribution in [2.45, 2.75) is 27.2 Å². The van der Waals surface area contributed by atoms with E-state index < -0.39 is 0 Å². The summed E-state index contributed by atoms with van der Waals surface area (Å²) in [4.78, 5) is 3.94. The van der Waals surface area contributed by atoms with Gasteiger partial charge in [-0.1, -0.05) is 20.3 Å². The van der Waals surface area contributed by atoms with Crippen LogP contribution in [-0.4, -0.2) is 4.98 Å². The van der Waals surface area contributed by atoms with E-state index in [2.05, 4.69) is 18.8 Å². The predicted octanol–water partition coefficient (Wildman–Crippen LogP) is 2.87. The van der Waals surface area contributed by atoms with E-state index in [-0.39, 0.29) is 0 Å². The van der Waals surface area contributed by atoms with E-state index in [0.29, 0.717) is 0 Å². The quantitative estimate of drug-likeness (QED) is 0.544. The van der Waals surface area contributed by atoms with Crippen molar-refractivity contribution in [2.24, 2.45) is 0 Å². The fraction of sp³-hybridized carbons (Fsp3) is 0.571. The van der Waals surface area contributed by atoms with Crippen molar-refractivity contribution >= 4 is 11.3 Å². The van der Waals surface area contributed by atoms with Crippen LogP contribution in [0.5, 0.6) is 0 Å². The molecule has 1 nitrogen and oxygen atoms in total. The normalized spacial score (nSPS) is 7.89. The Morgan fingerprint density at radius 3 is 2.22 bits per heavy atom. The summed E-state index contributed by atoms with van der Waals surface area (Å²) < 4.78 is 0. The highest BCUT2D eigenvalue weighted by Crippen LogP contribution is 1.98. The molecule has 1 heterocycles. The van der Waals surface area contributed by atoms with Crippen LogP contribution >= 0.6 is 11.3 Å². The minimum atomic E-state index is 1.13. The van der Waals surface area contributed by atoms with Crippen LogP contribution in [0, 0.1) is 6.92 Å². The molecule has 9 heavy (non-hydrogen) atoms. The second kappa shape index (κ2) is 5.76. The lowest BCUT2D eigenvalue weighted by molar-refractivity contribution is 1.09. The van der Waals surface area contributed by atoms with E-state index in [0.717, 1.165) is 5.01 Å². The van der Waals surface area contributed by atoms with Crippen LogP contribution in [0.25, 0.3) is 0 Å². The van der Waals surface area contributed by atoms with Crippen molar-refractivity contribution in [1.82, 2.24) is 4.98 Å². The lowest BCUT2D eigenvalue weighted by Crippen LogP contribution is -1.56. The number of aryl methyl sites for hydroxylation is 1. The fourth-order valence-corrected chi connectivity index (χ4v) is 0.735. The molecule has 0 radical (unpaired) electrons. The van der Waals surface area contributed by atoms with Gasteiger partial charge in [0.05, 0.1) is 5.01 Å². The third-order valence-corrected chi connectivity index (χ3v) is 1.26. The molecule has 0 aliphatic rings. The minimum Gasteiger partial charge on any atom is -0.250 e. The van der Waals surface area contributed by atoms with Gasteiger partial charge in [-0.15, -0.1) is 11.3 Å². The van der Waals surface area contributed by atoms with E-state index in [1.165, 1.54) is 6.42 Å². The Labute approximate surface area is 60.8 Å². The topological polar surface area (TPSA) is 12.9 Å². The van der Waals surface area contributed by atoms with Crippen molar-refractivity contribution in [2.75, 3.05) is 0 Å². The summed E-state index contributed by atoms with van der Waals surface area (Å²) in [5.74, 6) is 0. The highest BCUT2D eigenvalue weighted by molar-refractivity contribution is 7.09. The molecule has 1 aromatic heterocycles. The predicted molar refractivity (Wildman–Crippen MR) is 42.8 cm³/mol. The van der Waals surface area contributed by atoms with Crippen LogP contribution in [0.2, 0.25) is 0 Å². The molecule has 0 saturated heterocycles. The minimum absolute atomic E-state index is 1.13. The van der Waals surface area contributed by atoms with Crippen LogP contribution in [-0.2, 0) is 0 Å². The Hall–Kier alpha value is -0.370. The molecule has 0 N–H and O–H groups in total. The van der Waals surface area contributed by atoms with Gasteiger partial charge in [0.15, 0.2) is 0 Å². The van der Waals surface area contributed by atoms with Gasteiger partial charge >= 0.3 is 0 Å². The molecule has 0 aromatic carbocycles. The van der Waals surface area contributed by atoms with Crippen LogP contribution in [0.3, 0.4) is 0 Å². The zero-order valence-corrected chi connectivity index (χ0v) is 7.03. The van der Waals surface area contributed by atoms with Gasteiger partial charge in [0.25, 0.3) is 0 Å². The maximum Gasteiger partial charge on any atom is 0.0893 e. The molecule has 52 valence electrons. The number of aromatic nitrogens is 1. The number of hydrogen-bond acceptors (Lipinski definition) is 2. The highest BCUT2D eigenvalue weighted by atomic mass is 32.1. The molecule has 2 heteroatoms. The summed E-state index contributed by atoms with van der Waals surface area (Å²) in [6.45, 7) is 6.24. The molecule has 1 aromatic rings. The van der Waals surface area contributed by atoms with Gasteiger partial charge in [-0.2, -0.15) is 0 Å². The van der Waals surface area contributed by atoms with Crippen LogP contribution in [0.1, 0.15) is 25.3 Å². The van der Waals surface area contributed by atoms with Gasteiger partial charge in [0, 0.05) is 11.6 Å². The van der Waals surface area contributed by atoms with Gasteiger partial charge < -0.3 is 0 Å². The van der Waals surface area contributed by atoms with Crippen molar-refractivity contribution in [1.29, 1.82) is 0 Å². The largest absolute Gasteiger partial charge is 0.250 e. The standard InChI is InChI=1S/C4H5NS.C3H8/c1-4-5-2-3-6-4;1-3-2/h2-3H,1H3;3H2,1-2H3. The Balaban J connectivity index is 0.000000187. The van der Waals surface area contributed by atoms with Crippen molar-refractivity contribution < 1.29 is 0 Å². The van der Waals surface area contributed by atoms with Crippen LogP contribution in [0.15, 0.2) is 11.6 Å². The lowest BCUT2D eigenvalue weighted by Gasteiger charge is -1.65. The maximum atomic E-state index is 3.94. The summed E-state index contributed by atoms with van der Waals surface area (Å²) in [5, 5.41) is 3.10. The molecular weight excluding hydrogens is 130 g/mol. The monoisotopic (exact) mass is 143 g/mol. The number of thiazole rings is 1. The summed E-state index contributed by atoms with van der Waals surface area (Å²) >= 11 is 1.67. The first-order chi connectivity index (χ1) is 4.31. The molecule has 0 atom stereocenters. The van der Waals surface area contributed by atoms with E-state index in [9.17, 15) is 0 Å². The Morgan fingerprint density at radius 1 is 1.56 bits per heavy atom. The SMILES string of the molecule is CCC.Cc1nccs1. The maximum absolute atomic E-state index is 3.94. The lowest BCUT2D eigenvalue weighted by atomic mass is 10.6. The summed E-state index contributed by atoms with van der Waals surface area (Å²) in [6, 6.07) is 0. The van der Waals surface area contributed by atoms with Crippen LogP contribution < -0.4 is 0 Å². The van der Waals surface area contributed by atoms with Crippen molar-refractivity contribution in [3.05, 3.63) is 16.6 Å². The average molecular weight is 143 g/mol. The first kappa shape index (κ1) is 8.63. The van der Waals surface area contributed by atoms with Gasteiger partial charge in [-0.3, -0.25) is 4.98 Å². The van der Waals surface area contributed by atoms with E-state index in [1.807, 2.05) is 12.3 Å². The molecular formula is C7H13NS. The number of rotatable bonds is 0. The summed E-state index contributed by atoms with van der Waals surface area (Å²) in [6.07, 6.45) is 3.06. The van der Waals surface area contributed by atoms with Gasteiger partial charge in [0.2, 0.25) is 0 Å². The number of nitrogens with zero attached hydrogens (tertiary/aromatic N) is 1. The Morgan fingerprint density at radius 2 is 2.11 bits per heavy atom. The second-order valence-corrected chi connectivity index (χ2v) is 2.86. The Kier molecular flexibility index (Phi) is 5.52. The molecule has 0 saturated carbocycles. The zero-order valence-electron chi connectivity index (χ0n) is 6.22. The van der Waals surface area contributed by atoms with Crippen LogP contribution in [0.4, 0.5) is 0 Å². The Bertz CT molecular complexity index is 123. The van der Waals surface area contributed by atoms with Gasteiger partial charge in [-0.05, 0) is 6.92 Å². The first-order valence-electron chi connectivity index (χ1n) is 3.17. The molecule has 0 spiro atoms. The van der Waals surface area contributed by atoms with E-state index in [4.69, 9.17) is 0 Å². The summed E-state index contributed by atoms with van der Waals surface area (Å²) in [7, 11) is 0. The molecule has 0 aliphatic carbocycles. The zero-order chi connectivity index (χ0) is 7.11. The van der Waals surface area contributed by atoms with E-state index in [1.54, 1.807) is 17.5 Å². The molecule has 0 fully saturated rings. The van der Waals surface area contributed by atoms with Gasteiger partial charge in [0.1, 0.15) is 0 Å². The molecule has 0 bridgehead atoms. The fourth-order valence-electron chi connectivity index (χ4n) is 0.295. The first-order valence-corrected chi connectivity index (χ1v) is 4.05. The number of hydrogen-bond donors (Lipinski definition) is 0. The smallest absolute Gasteiger partial charge is 0.0893 e. The second-order valence-electron chi connectivity index (χ2n) is 1.76. The molecule has 0 unspecified atom stereocenters. The van der Waals surface area contributed by atoms with Crippen molar-refractivity contribution in [3.8, 4) is 0 Å². The van der Waals surface area contributed by atoms with Crippen molar-refractivity contribution in [3.63, 3.8) is 0 Å². The molecule has 1 rings (SSSR count).